The minimum absolute atomic E-state index is 0.0428. The van der Waals surface area contributed by atoms with Crippen LogP contribution in [0.15, 0.2) is 30.3 Å². The van der Waals surface area contributed by atoms with Gasteiger partial charge in [-0.05, 0) is 47.6 Å². The van der Waals surface area contributed by atoms with Gasteiger partial charge in [0.25, 0.3) is 0 Å². The lowest BCUT2D eigenvalue weighted by Gasteiger charge is -2.29. The number of fused-ring (bicyclic) bond motifs is 1. The van der Waals surface area contributed by atoms with Gasteiger partial charge in [0.05, 0.1) is 5.56 Å². The van der Waals surface area contributed by atoms with Crippen molar-refractivity contribution in [3.63, 3.8) is 0 Å². The molecule has 0 aliphatic rings. The SMILES string of the molecule is CC(C)(C)Oc1cc(C(=O)C(C)(C)C)c(OC(C)(C)C)c2ccccc12. The molecule has 2 rings (SSSR count). The zero-order chi connectivity index (χ0) is 19.9. The molecule has 0 unspecified atom stereocenters. The van der Waals surface area contributed by atoms with Crippen molar-refractivity contribution in [2.75, 3.05) is 0 Å². The number of carbonyl (C=O) groups excluding carboxylic acids is 1. The van der Waals surface area contributed by atoms with Crippen LogP contribution in [0.3, 0.4) is 0 Å². The zero-order valence-electron chi connectivity index (χ0n) is 17.6. The second-order valence-electron chi connectivity index (χ2n) is 9.80. The lowest BCUT2D eigenvalue weighted by atomic mass is 9.85. The normalized spacial score (nSPS) is 13.0. The van der Waals surface area contributed by atoms with Gasteiger partial charge in [0.2, 0.25) is 0 Å². The quantitative estimate of drug-likeness (QED) is 0.595. The molecular formula is C23H32O3. The molecule has 0 spiro atoms. The van der Waals surface area contributed by atoms with Gasteiger partial charge in [0.15, 0.2) is 5.78 Å². The van der Waals surface area contributed by atoms with Gasteiger partial charge in [-0.25, -0.2) is 0 Å². The highest BCUT2D eigenvalue weighted by Crippen LogP contribution is 2.41. The van der Waals surface area contributed by atoms with E-state index in [1.165, 1.54) is 0 Å². The fraction of sp³-hybridized carbons (Fsp3) is 0.522. The van der Waals surface area contributed by atoms with Gasteiger partial charge in [0, 0.05) is 16.2 Å². The molecule has 2 aromatic carbocycles. The van der Waals surface area contributed by atoms with E-state index in [0.717, 1.165) is 10.8 Å². The van der Waals surface area contributed by atoms with Gasteiger partial charge in [-0.2, -0.15) is 0 Å². The summed E-state index contributed by atoms with van der Waals surface area (Å²) in [5, 5.41) is 1.85. The Morgan fingerprint density at radius 2 is 1.27 bits per heavy atom. The molecule has 0 fully saturated rings. The van der Waals surface area contributed by atoms with Crippen LogP contribution in [-0.4, -0.2) is 17.0 Å². The first-order valence-corrected chi connectivity index (χ1v) is 9.18. The second kappa shape index (κ2) is 6.61. The zero-order valence-corrected chi connectivity index (χ0v) is 17.6. The van der Waals surface area contributed by atoms with Crippen LogP contribution in [0.5, 0.6) is 11.5 Å². The third kappa shape index (κ3) is 4.78. The van der Waals surface area contributed by atoms with Crippen LogP contribution in [0.25, 0.3) is 10.8 Å². The maximum Gasteiger partial charge on any atom is 0.172 e. The Bertz CT molecular complexity index is 812. The summed E-state index contributed by atoms with van der Waals surface area (Å²) in [6.07, 6.45) is 0. The van der Waals surface area contributed by atoms with Crippen molar-refractivity contribution in [3.8, 4) is 11.5 Å². The molecule has 0 saturated carbocycles. The number of ether oxygens (including phenoxy) is 2. The molecule has 0 bridgehead atoms. The number of benzene rings is 2. The molecule has 0 atom stereocenters. The smallest absolute Gasteiger partial charge is 0.172 e. The average Bonchev–Trinajstić information content (AvgIpc) is 2.45. The van der Waals surface area contributed by atoms with Crippen LogP contribution in [0.4, 0.5) is 0 Å². The Morgan fingerprint density at radius 1 is 0.769 bits per heavy atom. The second-order valence-corrected chi connectivity index (χ2v) is 9.80. The van der Waals surface area contributed by atoms with Crippen molar-refractivity contribution in [2.24, 2.45) is 5.41 Å². The Hall–Kier alpha value is -2.03. The average molecular weight is 357 g/mol. The largest absolute Gasteiger partial charge is 0.487 e. The van der Waals surface area contributed by atoms with Crippen molar-refractivity contribution in [1.82, 2.24) is 0 Å². The molecular weight excluding hydrogens is 324 g/mol. The molecule has 0 amide bonds. The number of rotatable bonds is 3. The van der Waals surface area contributed by atoms with E-state index in [1.807, 2.05) is 92.6 Å². The molecule has 0 N–H and O–H groups in total. The summed E-state index contributed by atoms with van der Waals surface area (Å²) in [7, 11) is 0. The van der Waals surface area contributed by atoms with E-state index in [1.54, 1.807) is 0 Å². The molecule has 2 aromatic rings. The van der Waals surface area contributed by atoms with Gasteiger partial charge in [-0.3, -0.25) is 4.79 Å². The fourth-order valence-electron chi connectivity index (χ4n) is 2.72. The third-order valence-corrected chi connectivity index (χ3v) is 3.71. The standard InChI is InChI=1S/C23H32O3/c1-21(2,3)20(24)17-14-18(25-22(4,5)6)15-12-10-11-13-16(15)19(17)26-23(7,8)9/h10-14H,1-9H3. The van der Waals surface area contributed by atoms with Crippen molar-refractivity contribution in [3.05, 3.63) is 35.9 Å². The lowest BCUT2D eigenvalue weighted by molar-refractivity contribution is 0.0838. The van der Waals surface area contributed by atoms with Crippen molar-refractivity contribution < 1.29 is 14.3 Å². The van der Waals surface area contributed by atoms with E-state index >= 15 is 0 Å². The molecule has 0 saturated heterocycles. The van der Waals surface area contributed by atoms with E-state index in [-0.39, 0.29) is 11.4 Å². The highest BCUT2D eigenvalue weighted by molar-refractivity contribution is 6.09. The topological polar surface area (TPSA) is 35.5 Å². The Balaban J connectivity index is 2.84. The lowest BCUT2D eigenvalue weighted by Crippen LogP contribution is -2.27. The molecule has 0 aromatic heterocycles. The predicted octanol–water partition coefficient (Wildman–Crippen LogP) is 6.42. The summed E-state index contributed by atoms with van der Waals surface area (Å²) < 4.78 is 12.5. The summed E-state index contributed by atoms with van der Waals surface area (Å²) in [5.41, 5.74) is -0.720. The van der Waals surface area contributed by atoms with Crippen LogP contribution in [0.2, 0.25) is 0 Å². The Kier molecular flexibility index (Phi) is 5.15. The summed E-state index contributed by atoms with van der Waals surface area (Å²) >= 11 is 0. The summed E-state index contributed by atoms with van der Waals surface area (Å²) in [5.74, 6) is 1.39. The van der Waals surface area contributed by atoms with E-state index < -0.39 is 11.0 Å². The van der Waals surface area contributed by atoms with E-state index in [0.29, 0.717) is 17.1 Å². The van der Waals surface area contributed by atoms with E-state index in [4.69, 9.17) is 9.47 Å². The minimum atomic E-state index is -0.516. The maximum atomic E-state index is 13.2. The summed E-state index contributed by atoms with van der Waals surface area (Å²) in [6.45, 7) is 17.8. The molecule has 0 aliphatic carbocycles. The number of carbonyl (C=O) groups is 1. The minimum Gasteiger partial charge on any atom is -0.487 e. The van der Waals surface area contributed by atoms with Gasteiger partial charge in [-0.15, -0.1) is 0 Å². The first-order valence-electron chi connectivity index (χ1n) is 9.18. The summed E-state index contributed by atoms with van der Waals surface area (Å²) in [6, 6.07) is 9.79. The predicted molar refractivity (Wildman–Crippen MR) is 108 cm³/mol. The highest BCUT2D eigenvalue weighted by atomic mass is 16.5. The van der Waals surface area contributed by atoms with Crippen LogP contribution in [0, 0.1) is 5.41 Å². The van der Waals surface area contributed by atoms with E-state index in [9.17, 15) is 4.79 Å². The molecule has 0 aliphatic heterocycles. The van der Waals surface area contributed by atoms with Crippen molar-refractivity contribution >= 4 is 16.6 Å². The monoisotopic (exact) mass is 356 g/mol. The fourth-order valence-corrected chi connectivity index (χ4v) is 2.72. The molecule has 0 radical (unpaired) electrons. The summed E-state index contributed by atoms with van der Waals surface area (Å²) in [4.78, 5) is 13.2. The van der Waals surface area contributed by atoms with Crippen LogP contribution >= 0.6 is 0 Å². The molecule has 3 heteroatoms. The van der Waals surface area contributed by atoms with Gasteiger partial charge in [-0.1, -0.05) is 45.0 Å². The van der Waals surface area contributed by atoms with Gasteiger partial charge < -0.3 is 9.47 Å². The van der Waals surface area contributed by atoms with Crippen molar-refractivity contribution in [2.45, 2.75) is 73.5 Å². The number of Topliss-reactive ketones (excluding diaryl/α,β-unsaturated/α-hetero) is 1. The van der Waals surface area contributed by atoms with Crippen LogP contribution in [0.1, 0.15) is 72.7 Å². The molecule has 0 heterocycles. The highest BCUT2D eigenvalue weighted by Gasteiger charge is 2.30. The molecule has 142 valence electrons. The Labute approximate surface area is 157 Å². The Morgan fingerprint density at radius 3 is 1.73 bits per heavy atom. The van der Waals surface area contributed by atoms with Gasteiger partial charge >= 0.3 is 0 Å². The van der Waals surface area contributed by atoms with Crippen LogP contribution in [-0.2, 0) is 0 Å². The number of hydrogen-bond acceptors (Lipinski definition) is 3. The number of ketones is 1. The molecule has 3 nitrogen and oxygen atoms in total. The van der Waals surface area contributed by atoms with Crippen molar-refractivity contribution in [1.29, 1.82) is 0 Å². The van der Waals surface area contributed by atoms with E-state index in [2.05, 4.69) is 0 Å². The van der Waals surface area contributed by atoms with Gasteiger partial charge in [0.1, 0.15) is 22.7 Å². The third-order valence-electron chi connectivity index (χ3n) is 3.71. The first-order chi connectivity index (χ1) is 11.7. The maximum absolute atomic E-state index is 13.2. The van der Waals surface area contributed by atoms with Crippen LogP contribution < -0.4 is 9.47 Å². The first kappa shape index (κ1) is 20.3. The molecule has 26 heavy (non-hydrogen) atoms. The number of hydrogen-bond donors (Lipinski definition) is 0.